The Morgan fingerprint density at radius 1 is 1.36 bits per heavy atom. The van der Waals surface area contributed by atoms with Crippen LogP contribution in [0, 0.1) is 13.8 Å². The van der Waals surface area contributed by atoms with Crippen LogP contribution in [0.5, 0.6) is 0 Å². The van der Waals surface area contributed by atoms with Gasteiger partial charge in [-0.05, 0) is 32.4 Å². The third-order valence-corrected chi connectivity index (χ3v) is 6.23. The predicted octanol–water partition coefficient (Wildman–Crippen LogP) is -0.923. The number of aliphatic hydroxyl groups excluding tert-OH is 2. The third kappa shape index (κ3) is 3.78. The number of hydrogen-bond acceptors (Lipinski definition) is 6. The minimum Gasteiger partial charge on any atom is -0.395 e. The van der Waals surface area contributed by atoms with Gasteiger partial charge in [0.05, 0.1) is 30.3 Å². The van der Waals surface area contributed by atoms with Gasteiger partial charge in [0.15, 0.2) is 9.84 Å². The normalized spacial score (nSPS) is 22.1. The first-order valence-electron chi connectivity index (χ1n) is 8.14. The monoisotopic (exact) mass is 372 g/mol. The Hall–Kier alpha value is -1.71. The van der Waals surface area contributed by atoms with Gasteiger partial charge in [0.2, 0.25) is 0 Å². The predicted molar refractivity (Wildman–Crippen MR) is 92.4 cm³/mol. The first-order chi connectivity index (χ1) is 11.6. The molecule has 1 aromatic heterocycles. The van der Waals surface area contributed by atoms with Crippen molar-refractivity contribution in [2.24, 2.45) is 0 Å². The van der Waals surface area contributed by atoms with E-state index in [1.54, 1.807) is 26.8 Å². The summed E-state index contributed by atoms with van der Waals surface area (Å²) in [4.78, 5) is 26.8. The average molecular weight is 372 g/mol. The maximum Gasteiger partial charge on any atom is 0.263 e. The van der Waals surface area contributed by atoms with E-state index in [1.165, 1.54) is 4.57 Å². The van der Waals surface area contributed by atoms with E-state index >= 15 is 0 Å². The number of sulfone groups is 1. The molecule has 0 aliphatic carbocycles. The zero-order chi connectivity index (χ0) is 18.9. The molecule has 1 aromatic rings. The fraction of sp³-hybridized carbons (Fsp3) is 0.625. The minimum atomic E-state index is -3.47. The molecule has 8 nitrogen and oxygen atoms in total. The number of rotatable bonds is 5. The summed E-state index contributed by atoms with van der Waals surface area (Å²) in [6.45, 7) is 5.03. The smallest absolute Gasteiger partial charge is 0.263 e. The highest BCUT2D eigenvalue weighted by atomic mass is 32.2. The first kappa shape index (κ1) is 19.6. The lowest BCUT2D eigenvalue weighted by Crippen LogP contribution is -2.49. The highest BCUT2D eigenvalue weighted by molar-refractivity contribution is 7.91. The number of carbonyl (C=O) groups is 1. The summed E-state index contributed by atoms with van der Waals surface area (Å²) in [5.74, 6) is -1.48. The summed E-state index contributed by atoms with van der Waals surface area (Å²) in [5, 5.41) is 19.3. The van der Waals surface area contributed by atoms with E-state index in [4.69, 9.17) is 0 Å². The van der Waals surface area contributed by atoms with Crippen LogP contribution in [0.2, 0.25) is 0 Å². The zero-order valence-electron chi connectivity index (χ0n) is 14.6. The van der Waals surface area contributed by atoms with Crippen molar-refractivity contribution in [3.8, 4) is 0 Å². The standard InChI is InChI=1S/C16H24N2O6S/c1-4-17-11(3)7-10(2)14(15(17)21)16(22)18(5-6-19)12-8-25(23,24)9-13(12)20/h7,12-13,19-20H,4-6,8-9H2,1-3H3/t12-,13-/m1/s1. The lowest BCUT2D eigenvalue weighted by Gasteiger charge is -2.30. The molecule has 2 N–H and O–H groups in total. The Bertz CT molecular complexity index is 830. The quantitative estimate of drug-likeness (QED) is 0.690. The molecular formula is C16H24N2O6S. The molecule has 0 radical (unpaired) electrons. The summed E-state index contributed by atoms with van der Waals surface area (Å²) in [7, 11) is -3.47. The van der Waals surface area contributed by atoms with Crippen molar-refractivity contribution in [3.63, 3.8) is 0 Å². The van der Waals surface area contributed by atoms with Crippen molar-refractivity contribution < 1.29 is 23.4 Å². The van der Waals surface area contributed by atoms with Crippen LogP contribution >= 0.6 is 0 Å². The summed E-state index contributed by atoms with van der Waals surface area (Å²) < 4.78 is 25.0. The average Bonchev–Trinajstić information content (AvgIpc) is 2.77. The number of aryl methyl sites for hydroxylation is 2. The summed E-state index contributed by atoms with van der Waals surface area (Å²) >= 11 is 0. The Kier molecular flexibility index (Phi) is 5.70. The van der Waals surface area contributed by atoms with Crippen molar-refractivity contribution in [1.82, 2.24) is 9.47 Å². The Balaban J connectivity index is 2.51. The van der Waals surface area contributed by atoms with Gasteiger partial charge in [-0.25, -0.2) is 8.42 Å². The molecule has 2 atom stereocenters. The molecule has 1 aliphatic heterocycles. The number of nitrogens with zero attached hydrogens (tertiary/aromatic N) is 2. The fourth-order valence-electron chi connectivity index (χ4n) is 3.36. The number of amides is 1. The topological polar surface area (TPSA) is 117 Å². The molecule has 1 fully saturated rings. The molecule has 2 rings (SSSR count). The van der Waals surface area contributed by atoms with Crippen molar-refractivity contribution in [2.75, 3.05) is 24.7 Å². The molecule has 1 amide bonds. The van der Waals surface area contributed by atoms with Crippen LogP contribution in [0.3, 0.4) is 0 Å². The molecule has 0 aromatic carbocycles. The maximum absolute atomic E-state index is 13.0. The second-order valence-corrected chi connectivity index (χ2v) is 8.48. The maximum atomic E-state index is 13.0. The number of hydrogen-bond donors (Lipinski definition) is 2. The number of pyridine rings is 1. The summed E-state index contributed by atoms with van der Waals surface area (Å²) in [5.41, 5.74) is 0.690. The SMILES string of the molecule is CCn1c(C)cc(C)c(C(=O)N(CCO)[C@@H]2CS(=O)(=O)C[C@H]2O)c1=O. The van der Waals surface area contributed by atoms with Gasteiger partial charge in [0.1, 0.15) is 5.56 Å². The molecule has 2 heterocycles. The Labute approximate surface area is 146 Å². The zero-order valence-corrected chi connectivity index (χ0v) is 15.4. The van der Waals surface area contributed by atoms with Crippen LogP contribution < -0.4 is 5.56 Å². The van der Waals surface area contributed by atoms with E-state index in [-0.39, 0.29) is 17.9 Å². The molecule has 140 valence electrons. The van der Waals surface area contributed by atoms with Gasteiger partial charge in [-0.3, -0.25) is 9.59 Å². The summed E-state index contributed by atoms with van der Waals surface area (Å²) in [6.07, 6.45) is -1.24. The van der Waals surface area contributed by atoms with Crippen molar-refractivity contribution >= 4 is 15.7 Å². The number of carbonyl (C=O) groups excluding carboxylic acids is 1. The highest BCUT2D eigenvalue weighted by Gasteiger charge is 2.42. The second kappa shape index (κ2) is 7.27. The Morgan fingerprint density at radius 3 is 2.48 bits per heavy atom. The van der Waals surface area contributed by atoms with Gasteiger partial charge in [-0.1, -0.05) is 0 Å². The molecular weight excluding hydrogens is 348 g/mol. The van der Waals surface area contributed by atoms with Gasteiger partial charge in [-0.15, -0.1) is 0 Å². The lowest BCUT2D eigenvalue weighted by molar-refractivity contribution is 0.0448. The van der Waals surface area contributed by atoms with E-state index in [1.807, 2.05) is 0 Å². The van der Waals surface area contributed by atoms with E-state index in [9.17, 15) is 28.2 Å². The van der Waals surface area contributed by atoms with Gasteiger partial charge >= 0.3 is 0 Å². The summed E-state index contributed by atoms with van der Waals surface area (Å²) in [6, 6.07) is 0.747. The van der Waals surface area contributed by atoms with E-state index in [2.05, 4.69) is 0 Å². The van der Waals surface area contributed by atoms with Crippen LogP contribution in [0.25, 0.3) is 0 Å². The molecule has 0 unspecified atom stereocenters. The van der Waals surface area contributed by atoms with Crippen molar-refractivity contribution in [3.05, 3.63) is 33.2 Å². The molecule has 0 spiro atoms. The van der Waals surface area contributed by atoms with Crippen molar-refractivity contribution in [2.45, 2.75) is 39.5 Å². The molecule has 9 heteroatoms. The van der Waals surface area contributed by atoms with Crippen LogP contribution in [0.4, 0.5) is 0 Å². The molecule has 25 heavy (non-hydrogen) atoms. The number of aliphatic hydroxyl groups is 2. The van der Waals surface area contributed by atoms with Gasteiger partial charge < -0.3 is 19.7 Å². The largest absolute Gasteiger partial charge is 0.395 e. The second-order valence-electron chi connectivity index (χ2n) is 6.33. The van der Waals surface area contributed by atoms with Gasteiger partial charge in [0.25, 0.3) is 11.5 Å². The molecule has 0 saturated carbocycles. The van der Waals surface area contributed by atoms with Crippen LogP contribution in [-0.2, 0) is 16.4 Å². The van der Waals surface area contributed by atoms with E-state index in [0.29, 0.717) is 12.1 Å². The first-order valence-corrected chi connectivity index (χ1v) is 9.96. The molecule has 1 aliphatic rings. The molecule has 1 saturated heterocycles. The highest BCUT2D eigenvalue weighted by Crippen LogP contribution is 2.21. The minimum absolute atomic E-state index is 0.0580. The van der Waals surface area contributed by atoms with Crippen LogP contribution in [-0.4, -0.2) is 70.8 Å². The van der Waals surface area contributed by atoms with E-state index in [0.717, 1.165) is 10.6 Å². The fourth-order valence-corrected chi connectivity index (χ4v) is 5.16. The van der Waals surface area contributed by atoms with Gasteiger partial charge in [-0.2, -0.15) is 0 Å². The van der Waals surface area contributed by atoms with Crippen LogP contribution in [0.15, 0.2) is 10.9 Å². The Morgan fingerprint density at radius 2 is 2.00 bits per heavy atom. The molecule has 0 bridgehead atoms. The van der Waals surface area contributed by atoms with Gasteiger partial charge in [0, 0.05) is 18.8 Å². The number of aromatic nitrogens is 1. The van der Waals surface area contributed by atoms with Crippen molar-refractivity contribution in [1.29, 1.82) is 0 Å². The van der Waals surface area contributed by atoms with Crippen LogP contribution in [0.1, 0.15) is 28.5 Å². The lowest BCUT2D eigenvalue weighted by atomic mass is 10.1. The third-order valence-electron chi connectivity index (χ3n) is 4.53. The van der Waals surface area contributed by atoms with E-state index < -0.39 is 45.8 Å².